The number of hydrogen-bond donors (Lipinski definition) is 2. The zero-order valence-electron chi connectivity index (χ0n) is 17.5. The molecule has 156 valence electrons. The molecule has 0 aliphatic carbocycles. The number of rotatable bonds is 7. The molecule has 2 N–H and O–H groups in total. The maximum atomic E-state index is 13.0. The lowest BCUT2D eigenvalue weighted by Gasteiger charge is -2.13. The van der Waals surface area contributed by atoms with E-state index in [9.17, 15) is 14.4 Å². The van der Waals surface area contributed by atoms with Crippen molar-refractivity contribution in [3.8, 4) is 0 Å². The first kappa shape index (κ1) is 21.2. The second-order valence-corrected chi connectivity index (χ2v) is 7.26. The molecule has 3 rings (SSSR count). The van der Waals surface area contributed by atoms with Crippen LogP contribution in [0.4, 0.5) is 5.69 Å². The number of aryl methyl sites for hydroxylation is 3. The third kappa shape index (κ3) is 4.92. The van der Waals surface area contributed by atoms with E-state index in [0.29, 0.717) is 23.3 Å². The average Bonchev–Trinajstić information content (AvgIpc) is 2.71. The summed E-state index contributed by atoms with van der Waals surface area (Å²) >= 11 is 0. The van der Waals surface area contributed by atoms with Crippen molar-refractivity contribution >= 4 is 28.5 Å². The number of benzene rings is 2. The number of nitrogens with one attached hydrogen (secondary N) is 2. The van der Waals surface area contributed by atoms with Gasteiger partial charge in [0.05, 0.1) is 11.0 Å². The van der Waals surface area contributed by atoms with Gasteiger partial charge in [0.25, 0.3) is 5.56 Å². The van der Waals surface area contributed by atoms with Gasteiger partial charge in [0, 0.05) is 25.1 Å². The van der Waals surface area contributed by atoms with E-state index in [1.165, 1.54) is 4.57 Å². The van der Waals surface area contributed by atoms with Crippen LogP contribution in [0.1, 0.15) is 30.2 Å². The molecule has 1 aromatic heterocycles. The van der Waals surface area contributed by atoms with Crippen molar-refractivity contribution in [2.45, 2.75) is 40.2 Å². The Hall–Kier alpha value is -3.48. The molecule has 0 spiro atoms. The summed E-state index contributed by atoms with van der Waals surface area (Å²) in [6, 6.07) is 13.0. The summed E-state index contributed by atoms with van der Waals surface area (Å²) in [6.45, 7) is 6.16. The zero-order valence-corrected chi connectivity index (χ0v) is 17.5. The van der Waals surface area contributed by atoms with Crippen molar-refractivity contribution < 1.29 is 9.59 Å². The highest BCUT2D eigenvalue weighted by Crippen LogP contribution is 2.16. The van der Waals surface area contributed by atoms with Crippen LogP contribution >= 0.6 is 0 Å². The predicted octanol–water partition coefficient (Wildman–Crippen LogP) is 2.72. The minimum absolute atomic E-state index is 0.133. The molecule has 0 aliphatic heterocycles. The highest BCUT2D eigenvalue weighted by atomic mass is 16.2. The summed E-state index contributed by atoms with van der Waals surface area (Å²) in [5, 5.41) is 5.60. The first-order chi connectivity index (χ1) is 14.4. The monoisotopic (exact) mass is 406 g/mol. The standard InChI is InChI=1S/C23H26N4O3/c1-4-24-21(28)12-11-19-23(30)27(20-8-6-5-7-18(20)25-19)14-22(29)26-17-10-9-15(2)13-16(17)3/h5-10,13H,4,11-12,14H2,1-3H3,(H,24,28)(H,26,29). The van der Waals surface area contributed by atoms with E-state index in [2.05, 4.69) is 15.6 Å². The van der Waals surface area contributed by atoms with Crippen LogP contribution in [0, 0.1) is 13.8 Å². The Morgan fingerprint density at radius 3 is 2.57 bits per heavy atom. The maximum Gasteiger partial charge on any atom is 0.273 e. The number of para-hydroxylation sites is 2. The maximum absolute atomic E-state index is 13.0. The van der Waals surface area contributed by atoms with Crippen LogP contribution in [0.15, 0.2) is 47.3 Å². The predicted molar refractivity (Wildman–Crippen MR) is 118 cm³/mol. The first-order valence-corrected chi connectivity index (χ1v) is 10.0. The molecule has 2 amide bonds. The van der Waals surface area contributed by atoms with Gasteiger partial charge in [0.1, 0.15) is 12.2 Å². The molecule has 0 saturated carbocycles. The fourth-order valence-corrected chi connectivity index (χ4v) is 3.37. The van der Waals surface area contributed by atoms with E-state index < -0.39 is 0 Å². The fourth-order valence-electron chi connectivity index (χ4n) is 3.37. The van der Waals surface area contributed by atoms with Crippen molar-refractivity contribution in [2.75, 3.05) is 11.9 Å². The van der Waals surface area contributed by atoms with Crippen LogP contribution in [0.2, 0.25) is 0 Å². The molecule has 3 aromatic rings. The lowest BCUT2D eigenvalue weighted by atomic mass is 10.1. The Morgan fingerprint density at radius 1 is 1.07 bits per heavy atom. The highest BCUT2D eigenvalue weighted by Gasteiger charge is 2.15. The number of amides is 2. The molecule has 7 heteroatoms. The average molecular weight is 406 g/mol. The Balaban J connectivity index is 1.89. The number of hydrogen-bond acceptors (Lipinski definition) is 4. The highest BCUT2D eigenvalue weighted by molar-refractivity contribution is 5.92. The second-order valence-electron chi connectivity index (χ2n) is 7.26. The van der Waals surface area contributed by atoms with Crippen LogP contribution in [0.25, 0.3) is 11.0 Å². The smallest absolute Gasteiger partial charge is 0.273 e. The fraction of sp³-hybridized carbons (Fsp3) is 0.304. The molecule has 7 nitrogen and oxygen atoms in total. The van der Waals surface area contributed by atoms with Crippen molar-refractivity contribution in [3.05, 3.63) is 69.6 Å². The lowest BCUT2D eigenvalue weighted by Crippen LogP contribution is -2.32. The van der Waals surface area contributed by atoms with E-state index in [1.807, 2.05) is 45.0 Å². The van der Waals surface area contributed by atoms with Gasteiger partial charge in [0.2, 0.25) is 11.8 Å². The van der Waals surface area contributed by atoms with Crippen molar-refractivity contribution in [2.24, 2.45) is 0 Å². The number of carbonyl (C=O) groups is 2. The summed E-state index contributed by atoms with van der Waals surface area (Å²) in [5.41, 5.74) is 3.90. The molecule has 2 aromatic carbocycles. The normalized spacial score (nSPS) is 10.8. The molecule has 0 bridgehead atoms. The van der Waals surface area contributed by atoms with Crippen molar-refractivity contribution in [1.82, 2.24) is 14.9 Å². The SMILES string of the molecule is CCNC(=O)CCc1nc2ccccc2n(CC(=O)Nc2ccc(C)cc2C)c1=O. The number of nitrogens with zero attached hydrogens (tertiary/aromatic N) is 2. The number of carbonyl (C=O) groups excluding carboxylic acids is 2. The third-order valence-corrected chi connectivity index (χ3v) is 4.84. The van der Waals surface area contributed by atoms with Gasteiger partial charge in [-0.2, -0.15) is 0 Å². The minimum Gasteiger partial charge on any atom is -0.356 e. The van der Waals surface area contributed by atoms with Gasteiger partial charge in [-0.25, -0.2) is 4.98 Å². The molecule has 0 atom stereocenters. The Kier molecular flexibility index (Phi) is 6.61. The number of anilines is 1. The van der Waals surface area contributed by atoms with E-state index in [1.54, 1.807) is 18.2 Å². The van der Waals surface area contributed by atoms with E-state index in [0.717, 1.165) is 11.1 Å². The Bertz CT molecular complexity index is 1150. The van der Waals surface area contributed by atoms with Crippen LogP contribution in [-0.2, 0) is 22.6 Å². The van der Waals surface area contributed by atoms with Gasteiger partial charge in [-0.3, -0.25) is 19.0 Å². The first-order valence-electron chi connectivity index (χ1n) is 10.0. The summed E-state index contributed by atoms with van der Waals surface area (Å²) in [6.07, 6.45) is 0.386. The van der Waals surface area contributed by atoms with Crippen molar-refractivity contribution in [1.29, 1.82) is 0 Å². The van der Waals surface area contributed by atoms with Crippen LogP contribution in [0.5, 0.6) is 0 Å². The van der Waals surface area contributed by atoms with Gasteiger partial charge < -0.3 is 10.6 Å². The third-order valence-electron chi connectivity index (χ3n) is 4.84. The second kappa shape index (κ2) is 9.35. The molecule has 30 heavy (non-hydrogen) atoms. The number of fused-ring (bicyclic) bond motifs is 1. The molecular weight excluding hydrogens is 380 g/mol. The summed E-state index contributed by atoms with van der Waals surface area (Å²) in [5.74, 6) is -0.430. The minimum atomic E-state index is -0.353. The van der Waals surface area contributed by atoms with Crippen LogP contribution in [0.3, 0.4) is 0 Å². The Labute approximate surface area is 175 Å². The van der Waals surface area contributed by atoms with E-state index >= 15 is 0 Å². The molecule has 0 fully saturated rings. The topological polar surface area (TPSA) is 93.1 Å². The summed E-state index contributed by atoms with van der Waals surface area (Å²) < 4.78 is 1.42. The van der Waals surface area contributed by atoms with Gasteiger partial charge in [-0.05, 0) is 44.5 Å². The quantitative estimate of drug-likeness (QED) is 0.631. The van der Waals surface area contributed by atoms with E-state index in [4.69, 9.17) is 0 Å². The molecule has 0 saturated heterocycles. The van der Waals surface area contributed by atoms with Gasteiger partial charge in [-0.1, -0.05) is 29.8 Å². The number of aromatic nitrogens is 2. The van der Waals surface area contributed by atoms with E-state index in [-0.39, 0.29) is 42.5 Å². The van der Waals surface area contributed by atoms with Gasteiger partial charge >= 0.3 is 0 Å². The van der Waals surface area contributed by atoms with Crippen LogP contribution < -0.4 is 16.2 Å². The zero-order chi connectivity index (χ0) is 21.7. The molecule has 1 heterocycles. The van der Waals surface area contributed by atoms with Crippen LogP contribution in [-0.4, -0.2) is 27.9 Å². The van der Waals surface area contributed by atoms with Gasteiger partial charge in [0.15, 0.2) is 0 Å². The summed E-state index contributed by atoms with van der Waals surface area (Å²) in [7, 11) is 0. The molecule has 0 unspecified atom stereocenters. The Morgan fingerprint density at radius 2 is 1.83 bits per heavy atom. The van der Waals surface area contributed by atoms with Crippen molar-refractivity contribution in [3.63, 3.8) is 0 Å². The largest absolute Gasteiger partial charge is 0.356 e. The molecule has 0 aliphatic rings. The molecule has 0 radical (unpaired) electrons. The summed E-state index contributed by atoms with van der Waals surface area (Å²) in [4.78, 5) is 42.0. The van der Waals surface area contributed by atoms with Gasteiger partial charge in [-0.15, -0.1) is 0 Å². The lowest BCUT2D eigenvalue weighted by molar-refractivity contribution is -0.121. The molecular formula is C23H26N4O3.